The maximum absolute atomic E-state index is 5.21. The van der Waals surface area contributed by atoms with Gasteiger partial charge in [0, 0.05) is 16.7 Å². The summed E-state index contributed by atoms with van der Waals surface area (Å²) in [5.41, 5.74) is 3.54. The van der Waals surface area contributed by atoms with Gasteiger partial charge < -0.3 is 10.1 Å². The van der Waals surface area contributed by atoms with Crippen LogP contribution in [0.25, 0.3) is 0 Å². The normalized spacial score (nSPS) is 10.3. The van der Waals surface area contributed by atoms with Gasteiger partial charge in [0.15, 0.2) is 0 Å². The molecule has 0 atom stereocenters. The quantitative estimate of drug-likeness (QED) is 0.787. The first-order valence-corrected chi connectivity index (χ1v) is 7.51. The summed E-state index contributed by atoms with van der Waals surface area (Å²) in [7, 11) is 1.66. The van der Waals surface area contributed by atoms with Crippen molar-refractivity contribution in [3.05, 3.63) is 56.5 Å². The van der Waals surface area contributed by atoms with Crippen LogP contribution < -0.4 is 10.1 Å². The van der Waals surface area contributed by atoms with E-state index < -0.39 is 0 Å². The number of hydrogen-bond acceptors (Lipinski definition) is 2. The molecule has 0 aromatic heterocycles. The van der Waals surface area contributed by atoms with Crippen LogP contribution >= 0.6 is 31.9 Å². The summed E-state index contributed by atoms with van der Waals surface area (Å²) in [4.78, 5) is 0. The van der Waals surface area contributed by atoms with Crippen LogP contribution in [-0.4, -0.2) is 7.11 Å². The zero-order valence-corrected chi connectivity index (χ0v) is 14.0. The summed E-state index contributed by atoms with van der Waals surface area (Å²) < 4.78 is 7.29. The Morgan fingerprint density at radius 1 is 1.05 bits per heavy atom. The minimum absolute atomic E-state index is 0.777. The molecule has 4 heteroatoms. The number of hydrogen-bond donors (Lipinski definition) is 1. The zero-order chi connectivity index (χ0) is 13.8. The molecule has 0 heterocycles. The van der Waals surface area contributed by atoms with E-state index in [0.29, 0.717) is 0 Å². The molecule has 0 spiro atoms. The molecule has 0 saturated heterocycles. The first kappa shape index (κ1) is 14.4. The van der Waals surface area contributed by atoms with Crippen molar-refractivity contribution in [2.45, 2.75) is 13.5 Å². The van der Waals surface area contributed by atoms with Crippen molar-refractivity contribution < 1.29 is 4.74 Å². The zero-order valence-electron chi connectivity index (χ0n) is 10.8. The molecule has 0 unspecified atom stereocenters. The van der Waals surface area contributed by atoms with Gasteiger partial charge in [-0.1, -0.05) is 28.1 Å². The molecule has 19 heavy (non-hydrogen) atoms. The highest BCUT2D eigenvalue weighted by Crippen LogP contribution is 2.28. The van der Waals surface area contributed by atoms with Crippen LogP contribution in [0.4, 0.5) is 5.69 Å². The molecule has 0 aliphatic carbocycles. The number of nitrogens with one attached hydrogen (secondary N) is 1. The Labute approximate surface area is 130 Å². The number of methoxy groups -OCH3 is 1. The molecule has 100 valence electrons. The van der Waals surface area contributed by atoms with Crippen molar-refractivity contribution in [3.63, 3.8) is 0 Å². The molecule has 2 aromatic rings. The SMILES string of the molecule is COc1ccc(NCc2ccc(C)cc2Br)cc1Br. The Kier molecular flexibility index (Phi) is 4.88. The fourth-order valence-corrected chi connectivity index (χ4v) is 2.94. The highest BCUT2D eigenvalue weighted by Gasteiger charge is 2.03. The van der Waals surface area contributed by atoms with Gasteiger partial charge in [0.25, 0.3) is 0 Å². The lowest BCUT2D eigenvalue weighted by Gasteiger charge is -2.10. The molecule has 0 saturated carbocycles. The largest absolute Gasteiger partial charge is 0.496 e. The molecule has 0 fully saturated rings. The summed E-state index contributed by atoms with van der Waals surface area (Å²) in [5, 5.41) is 3.40. The first-order chi connectivity index (χ1) is 9.10. The van der Waals surface area contributed by atoms with Crippen molar-refractivity contribution >= 4 is 37.5 Å². The van der Waals surface area contributed by atoms with Gasteiger partial charge in [-0.25, -0.2) is 0 Å². The summed E-state index contributed by atoms with van der Waals surface area (Å²) in [6, 6.07) is 12.3. The highest BCUT2D eigenvalue weighted by atomic mass is 79.9. The van der Waals surface area contributed by atoms with Gasteiger partial charge in [0.2, 0.25) is 0 Å². The maximum Gasteiger partial charge on any atom is 0.133 e. The summed E-state index contributed by atoms with van der Waals surface area (Å²) in [5.74, 6) is 0.835. The molecule has 0 aliphatic heterocycles. The van der Waals surface area contributed by atoms with E-state index in [2.05, 4.69) is 62.3 Å². The standard InChI is InChI=1S/C15H15Br2NO/c1-10-3-4-11(13(16)7-10)9-18-12-5-6-15(19-2)14(17)8-12/h3-8,18H,9H2,1-2H3. The van der Waals surface area contributed by atoms with Gasteiger partial charge in [-0.3, -0.25) is 0 Å². The van der Waals surface area contributed by atoms with Crippen LogP contribution in [-0.2, 0) is 6.54 Å². The van der Waals surface area contributed by atoms with Crippen LogP contribution in [0, 0.1) is 6.92 Å². The number of halogens is 2. The molecule has 2 rings (SSSR count). The predicted molar refractivity (Wildman–Crippen MR) is 86.9 cm³/mol. The van der Waals surface area contributed by atoms with Gasteiger partial charge in [0.1, 0.15) is 5.75 Å². The van der Waals surface area contributed by atoms with Gasteiger partial charge in [-0.05, 0) is 58.2 Å². The molecular weight excluding hydrogens is 370 g/mol. The van der Waals surface area contributed by atoms with E-state index in [1.165, 1.54) is 11.1 Å². The molecule has 0 bridgehead atoms. The number of ether oxygens (including phenoxy) is 1. The van der Waals surface area contributed by atoms with E-state index in [9.17, 15) is 0 Å². The molecular formula is C15H15Br2NO. The minimum atomic E-state index is 0.777. The Bertz CT molecular complexity index is 584. The van der Waals surface area contributed by atoms with Crippen molar-refractivity contribution in [2.24, 2.45) is 0 Å². The van der Waals surface area contributed by atoms with Crippen molar-refractivity contribution in [2.75, 3.05) is 12.4 Å². The number of benzene rings is 2. The molecule has 1 N–H and O–H groups in total. The second kappa shape index (κ2) is 6.44. The van der Waals surface area contributed by atoms with Crippen molar-refractivity contribution in [1.29, 1.82) is 0 Å². The van der Waals surface area contributed by atoms with E-state index in [0.717, 1.165) is 26.9 Å². The van der Waals surface area contributed by atoms with Crippen molar-refractivity contribution in [1.82, 2.24) is 0 Å². The Balaban J connectivity index is 2.08. The van der Waals surface area contributed by atoms with E-state index >= 15 is 0 Å². The molecule has 0 amide bonds. The van der Waals surface area contributed by atoms with E-state index in [1.807, 2.05) is 18.2 Å². The minimum Gasteiger partial charge on any atom is -0.496 e. The van der Waals surface area contributed by atoms with E-state index in [-0.39, 0.29) is 0 Å². The van der Waals surface area contributed by atoms with E-state index in [4.69, 9.17) is 4.74 Å². The Morgan fingerprint density at radius 3 is 2.47 bits per heavy atom. The lowest BCUT2D eigenvalue weighted by atomic mass is 10.1. The smallest absolute Gasteiger partial charge is 0.133 e. The van der Waals surface area contributed by atoms with Crippen LogP contribution in [0.5, 0.6) is 5.75 Å². The highest BCUT2D eigenvalue weighted by molar-refractivity contribution is 9.10. The third-order valence-corrected chi connectivity index (χ3v) is 4.20. The Morgan fingerprint density at radius 2 is 1.84 bits per heavy atom. The first-order valence-electron chi connectivity index (χ1n) is 5.92. The van der Waals surface area contributed by atoms with E-state index in [1.54, 1.807) is 7.11 Å². The van der Waals surface area contributed by atoms with Crippen LogP contribution in [0.3, 0.4) is 0 Å². The van der Waals surface area contributed by atoms with Crippen LogP contribution in [0.1, 0.15) is 11.1 Å². The van der Waals surface area contributed by atoms with Gasteiger partial charge in [0.05, 0.1) is 11.6 Å². The fraction of sp³-hybridized carbons (Fsp3) is 0.200. The summed E-state index contributed by atoms with van der Waals surface area (Å²) in [6.07, 6.45) is 0. The fourth-order valence-electron chi connectivity index (χ4n) is 1.77. The monoisotopic (exact) mass is 383 g/mol. The Hall–Kier alpha value is -1.000. The van der Waals surface area contributed by atoms with Crippen LogP contribution in [0.15, 0.2) is 45.3 Å². The molecule has 0 aliphatic rings. The average molecular weight is 385 g/mol. The second-order valence-corrected chi connectivity index (χ2v) is 6.01. The molecule has 2 aromatic carbocycles. The number of aryl methyl sites for hydroxylation is 1. The van der Waals surface area contributed by atoms with Crippen LogP contribution in [0.2, 0.25) is 0 Å². The second-order valence-electron chi connectivity index (χ2n) is 4.30. The summed E-state index contributed by atoms with van der Waals surface area (Å²) >= 11 is 7.07. The lowest BCUT2D eigenvalue weighted by Crippen LogP contribution is -2.00. The van der Waals surface area contributed by atoms with Crippen molar-refractivity contribution in [3.8, 4) is 5.75 Å². The lowest BCUT2D eigenvalue weighted by molar-refractivity contribution is 0.412. The maximum atomic E-state index is 5.21. The third-order valence-electron chi connectivity index (χ3n) is 2.84. The van der Waals surface area contributed by atoms with Gasteiger partial charge >= 0.3 is 0 Å². The molecule has 0 radical (unpaired) electrons. The number of anilines is 1. The third kappa shape index (κ3) is 3.74. The molecule has 2 nitrogen and oxygen atoms in total. The summed E-state index contributed by atoms with van der Waals surface area (Å²) in [6.45, 7) is 2.86. The number of rotatable bonds is 4. The predicted octanol–water partition coefficient (Wildman–Crippen LogP) is 5.14. The average Bonchev–Trinajstić information content (AvgIpc) is 2.38. The van der Waals surface area contributed by atoms with Gasteiger partial charge in [-0.15, -0.1) is 0 Å². The van der Waals surface area contributed by atoms with Gasteiger partial charge in [-0.2, -0.15) is 0 Å². The topological polar surface area (TPSA) is 21.3 Å².